The fourth-order valence-electron chi connectivity index (χ4n) is 2.83. The van der Waals surface area contributed by atoms with Crippen molar-refractivity contribution < 1.29 is 14.3 Å². The molecule has 0 atom stereocenters. The molecule has 28 heavy (non-hydrogen) atoms. The van der Waals surface area contributed by atoms with Gasteiger partial charge in [-0.2, -0.15) is 0 Å². The van der Waals surface area contributed by atoms with E-state index in [-0.39, 0.29) is 17.2 Å². The summed E-state index contributed by atoms with van der Waals surface area (Å²) in [4.78, 5) is 26.0. The number of methoxy groups -OCH3 is 1. The molecule has 1 N–H and O–H groups in total. The first-order chi connectivity index (χ1) is 13.2. The predicted molar refractivity (Wildman–Crippen MR) is 112 cm³/mol. The van der Waals surface area contributed by atoms with Crippen molar-refractivity contribution in [2.75, 3.05) is 20.2 Å². The minimum absolute atomic E-state index is 0.0282. The fraction of sp³-hybridized carbons (Fsp3) is 0.391. The third-order valence-corrected chi connectivity index (χ3v) is 4.66. The Hall–Kier alpha value is -2.82. The third kappa shape index (κ3) is 6.12. The topological polar surface area (TPSA) is 58.6 Å². The number of hydrogen-bond donors (Lipinski definition) is 1. The van der Waals surface area contributed by atoms with Crippen molar-refractivity contribution in [1.29, 1.82) is 0 Å². The van der Waals surface area contributed by atoms with Gasteiger partial charge in [0.05, 0.1) is 7.11 Å². The van der Waals surface area contributed by atoms with E-state index in [2.05, 4.69) is 26.1 Å². The number of benzene rings is 2. The van der Waals surface area contributed by atoms with Gasteiger partial charge in [-0.05, 0) is 40.8 Å². The number of nitrogens with one attached hydrogen (secondary N) is 1. The lowest BCUT2D eigenvalue weighted by molar-refractivity contribution is -0.129. The molecule has 0 spiro atoms. The molecule has 0 aliphatic carbocycles. The van der Waals surface area contributed by atoms with Crippen LogP contribution in [0.4, 0.5) is 0 Å². The van der Waals surface area contributed by atoms with Gasteiger partial charge in [0.15, 0.2) is 0 Å². The fourth-order valence-corrected chi connectivity index (χ4v) is 2.83. The minimum Gasteiger partial charge on any atom is -0.497 e. The number of rotatable bonds is 7. The van der Waals surface area contributed by atoms with Crippen LogP contribution in [0.15, 0.2) is 48.5 Å². The van der Waals surface area contributed by atoms with Crippen LogP contribution in [0.5, 0.6) is 5.75 Å². The smallest absolute Gasteiger partial charge is 0.251 e. The van der Waals surface area contributed by atoms with Gasteiger partial charge < -0.3 is 15.0 Å². The van der Waals surface area contributed by atoms with Crippen molar-refractivity contribution in [3.05, 3.63) is 65.2 Å². The summed E-state index contributed by atoms with van der Waals surface area (Å²) in [6.45, 7) is 9.30. The summed E-state index contributed by atoms with van der Waals surface area (Å²) in [5.74, 6) is 0.621. The SMILES string of the molecule is COc1ccc(CN(CCNC(=O)c2ccc(C(C)(C)C)cc2)C(C)=O)cc1. The van der Waals surface area contributed by atoms with E-state index in [1.807, 2.05) is 48.5 Å². The lowest BCUT2D eigenvalue weighted by Gasteiger charge is -2.22. The number of nitrogens with zero attached hydrogens (tertiary/aromatic N) is 1. The van der Waals surface area contributed by atoms with Gasteiger partial charge in [0.25, 0.3) is 5.91 Å². The Kier molecular flexibility index (Phi) is 7.21. The maximum Gasteiger partial charge on any atom is 0.251 e. The van der Waals surface area contributed by atoms with Crippen LogP contribution < -0.4 is 10.1 Å². The largest absolute Gasteiger partial charge is 0.497 e. The zero-order chi connectivity index (χ0) is 20.7. The molecule has 150 valence electrons. The van der Waals surface area contributed by atoms with Crippen LogP contribution in [0, 0.1) is 0 Å². The zero-order valence-electron chi connectivity index (χ0n) is 17.4. The molecule has 0 saturated heterocycles. The molecule has 0 radical (unpaired) electrons. The highest BCUT2D eigenvalue weighted by Crippen LogP contribution is 2.22. The summed E-state index contributed by atoms with van der Waals surface area (Å²) in [7, 11) is 1.62. The van der Waals surface area contributed by atoms with E-state index >= 15 is 0 Å². The molecule has 0 fully saturated rings. The number of amides is 2. The van der Waals surface area contributed by atoms with E-state index in [9.17, 15) is 9.59 Å². The Morgan fingerprint density at radius 3 is 2.11 bits per heavy atom. The van der Waals surface area contributed by atoms with Gasteiger partial charge in [-0.25, -0.2) is 0 Å². The normalized spacial score (nSPS) is 11.0. The summed E-state index contributed by atoms with van der Waals surface area (Å²) in [5.41, 5.74) is 2.88. The second-order valence-corrected chi connectivity index (χ2v) is 7.87. The summed E-state index contributed by atoms with van der Waals surface area (Å²) in [6.07, 6.45) is 0. The lowest BCUT2D eigenvalue weighted by Crippen LogP contribution is -2.37. The van der Waals surface area contributed by atoms with Gasteiger partial charge >= 0.3 is 0 Å². The summed E-state index contributed by atoms with van der Waals surface area (Å²) in [5, 5.41) is 2.89. The number of carbonyl (C=O) groups is 2. The summed E-state index contributed by atoms with van der Waals surface area (Å²) >= 11 is 0. The lowest BCUT2D eigenvalue weighted by atomic mass is 9.87. The second-order valence-electron chi connectivity index (χ2n) is 7.87. The molecule has 0 saturated carbocycles. The van der Waals surface area contributed by atoms with Gasteiger partial charge in [0.1, 0.15) is 5.75 Å². The number of carbonyl (C=O) groups excluding carboxylic acids is 2. The molecular weight excluding hydrogens is 352 g/mol. The highest BCUT2D eigenvalue weighted by molar-refractivity contribution is 5.94. The molecule has 0 aliphatic rings. The maximum absolute atomic E-state index is 12.4. The monoisotopic (exact) mass is 382 g/mol. The Labute approximate surface area is 167 Å². The molecule has 0 aromatic heterocycles. The van der Waals surface area contributed by atoms with Gasteiger partial charge in [-0.15, -0.1) is 0 Å². The Morgan fingerprint density at radius 1 is 1.00 bits per heavy atom. The van der Waals surface area contributed by atoms with Crippen LogP contribution in [-0.4, -0.2) is 36.9 Å². The van der Waals surface area contributed by atoms with Crippen molar-refractivity contribution in [2.45, 2.75) is 39.7 Å². The summed E-state index contributed by atoms with van der Waals surface area (Å²) in [6, 6.07) is 15.3. The number of hydrogen-bond acceptors (Lipinski definition) is 3. The molecule has 0 unspecified atom stereocenters. The Bertz CT molecular complexity index is 790. The van der Waals surface area contributed by atoms with Gasteiger partial charge in [-0.3, -0.25) is 9.59 Å². The average Bonchev–Trinajstić information content (AvgIpc) is 2.67. The van der Waals surface area contributed by atoms with Crippen LogP contribution in [-0.2, 0) is 16.8 Å². The predicted octanol–water partition coefficient (Wildman–Crippen LogP) is 3.77. The molecule has 5 nitrogen and oxygen atoms in total. The average molecular weight is 383 g/mol. The van der Waals surface area contributed by atoms with Crippen LogP contribution in [0.3, 0.4) is 0 Å². The van der Waals surface area contributed by atoms with Gasteiger partial charge in [0, 0.05) is 32.1 Å². The molecule has 2 rings (SSSR count). The van der Waals surface area contributed by atoms with Gasteiger partial charge in [-0.1, -0.05) is 45.0 Å². The molecule has 2 aromatic rings. The van der Waals surface area contributed by atoms with Crippen molar-refractivity contribution in [3.8, 4) is 5.75 Å². The highest BCUT2D eigenvalue weighted by Gasteiger charge is 2.15. The molecular formula is C23H30N2O3. The molecule has 2 amide bonds. The van der Waals surface area contributed by atoms with E-state index in [0.717, 1.165) is 11.3 Å². The first-order valence-corrected chi connectivity index (χ1v) is 9.48. The van der Waals surface area contributed by atoms with Crippen LogP contribution in [0.25, 0.3) is 0 Å². The van der Waals surface area contributed by atoms with E-state index in [0.29, 0.717) is 25.2 Å². The van der Waals surface area contributed by atoms with Crippen LogP contribution >= 0.6 is 0 Å². The second kappa shape index (κ2) is 9.40. The van der Waals surface area contributed by atoms with E-state index in [1.54, 1.807) is 12.0 Å². The number of ether oxygens (including phenoxy) is 1. The molecule has 0 aliphatic heterocycles. The molecule has 0 heterocycles. The van der Waals surface area contributed by atoms with Crippen LogP contribution in [0.2, 0.25) is 0 Å². The first-order valence-electron chi connectivity index (χ1n) is 9.48. The quantitative estimate of drug-likeness (QED) is 0.793. The van der Waals surface area contributed by atoms with Crippen molar-refractivity contribution in [1.82, 2.24) is 10.2 Å². The van der Waals surface area contributed by atoms with Crippen LogP contribution in [0.1, 0.15) is 49.2 Å². The molecule has 2 aromatic carbocycles. The first kappa shape index (κ1) is 21.5. The van der Waals surface area contributed by atoms with E-state index in [4.69, 9.17) is 4.74 Å². The third-order valence-electron chi connectivity index (χ3n) is 4.66. The van der Waals surface area contributed by atoms with Crippen molar-refractivity contribution >= 4 is 11.8 Å². The Morgan fingerprint density at radius 2 is 1.61 bits per heavy atom. The zero-order valence-corrected chi connectivity index (χ0v) is 17.4. The van der Waals surface area contributed by atoms with Crippen molar-refractivity contribution in [2.24, 2.45) is 0 Å². The molecule has 0 bridgehead atoms. The minimum atomic E-state index is -0.131. The maximum atomic E-state index is 12.4. The highest BCUT2D eigenvalue weighted by atomic mass is 16.5. The standard InChI is InChI=1S/C23H30N2O3/c1-17(26)25(16-18-6-12-21(28-5)13-7-18)15-14-24-22(27)19-8-10-20(11-9-19)23(2,3)4/h6-13H,14-16H2,1-5H3,(H,24,27). The van der Waals surface area contributed by atoms with Gasteiger partial charge in [0.2, 0.25) is 5.91 Å². The van der Waals surface area contributed by atoms with Crippen molar-refractivity contribution in [3.63, 3.8) is 0 Å². The summed E-state index contributed by atoms with van der Waals surface area (Å²) < 4.78 is 5.15. The van der Waals surface area contributed by atoms with E-state index < -0.39 is 0 Å². The van der Waals surface area contributed by atoms with E-state index in [1.165, 1.54) is 12.5 Å². The molecule has 5 heteroatoms. The Balaban J connectivity index is 1.89.